The first-order chi connectivity index (χ1) is 14.3. The van der Waals surface area contributed by atoms with Gasteiger partial charge in [0, 0.05) is 17.7 Å². The fourth-order valence-electron chi connectivity index (χ4n) is 3.66. The van der Waals surface area contributed by atoms with Gasteiger partial charge in [-0.25, -0.2) is 0 Å². The summed E-state index contributed by atoms with van der Waals surface area (Å²) in [5.41, 5.74) is 5.20. The zero-order valence-electron chi connectivity index (χ0n) is 16.2. The highest BCUT2D eigenvalue weighted by Gasteiger charge is 2.33. The molecule has 0 aromatic heterocycles. The third-order valence-corrected chi connectivity index (χ3v) is 5.10. The largest absolute Gasteiger partial charge is 0.507 e. The predicted molar refractivity (Wildman–Crippen MR) is 108 cm³/mol. The first-order valence-electron chi connectivity index (χ1n) is 9.49. The molecule has 158 valence electrons. The average molecular weight is 413 g/mol. The van der Waals surface area contributed by atoms with Crippen LogP contribution in [-0.2, 0) is 9.59 Å². The van der Waals surface area contributed by atoms with Gasteiger partial charge in [-0.3, -0.25) is 14.4 Å². The Morgan fingerprint density at radius 2 is 1.73 bits per heavy atom. The lowest BCUT2D eigenvalue weighted by Gasteiger charge is -2.23. The number of phenols is 3. The van der Waals surface area contributed by atoms with Gasteiger partial charge in [0.05, 0.1) is 24.7 Å². The number of para-hydroxylation sites is 1. The summed E-state index contributed by atoms with van der Waals surface area (Å²) in [5.74, 6) is -2.41. The van der Waals surface area contributed by atoms with Crippen LogP contribution in [0.5, 0.6) is 17.2 Å². The Morgan fingerprint density at radius 3 is 2.43 bits per heavy atom. The second-order valence-corrected chi connectivity index (χ2v) is 6.97. The average Bonchev–Trinajstić information content (AvgIpc) is 3.23. The maximum Gasteiger partial charge on any atom is 0.256 e. The van der Waals surface area contributed by atoms with E-state index in [1.54, 1.807) is 12.1 Å². The lowest BCUT2D eigenvalue weighted by Crippen LogP contribution is -2.46. The fourth-order valence-corrected chi connectivity index (χ4v) is 3.66. The maximum atomic E-state index is 12.8. The van der Waals surface area contributed by atoms with E-state index in [-0.39, 0.29) is 53.0 Å². The highest BCUT2D eigenvalue weighted by atomic mass is 16.3. The predicted octanol–water partition coefficient (Wildman–Crippen LogP) is 0.719. The van der Waals surface area contributed by atoms with E-state index in [0.717, 1.165) is 6.07 Å². The Bertz CT molecular complexity index is 991. The zero-order valence-corrected chi connectivity index (χ0v) is 16.2. The number of phenolic OH excluding ortho intramolecular Hbond substituents is 3. The summed E-state index contributed by atoms with van der Waals surface area (Å²) in [4.78, 5) is 38.7. The molecule has 6 N–H and O–H groups in total. The van der Waals surface area contributed by atoms with Gasteiger partial charge in [0.2, 0.25) is 5.91 Å². The second kappa shape index (κ2) is 8.83. The van der Waals surface area contributed by atoms with Crippen molar-refractivity contribution in [1.82, 2.24) is 10.2 Å². The van der Waals surface area contributed by atoms with Crippen molar-refractivity contribution in [2.45, 2.75) is 18.9 Å². The number of Topliss-reactive ketones (excluding diaryl/α,β-unsaturated/α-hetero) is 1. The topological polar surface area (TPSA) is 153 Å². The van der Waals surface area contributed by atoms with Crippen molar-refractivity contribution in [3.8, 4) is 28.4 Å². The standard InChI is InChI=1S/C21H23N3O6/c22-10-18(29)24-9-3-5-13(24)17(28)11-23-21(30)20-16(27)8-7-15(26)19(20)12-4-1-2-6-14(12)25/h1-2,4,6-8,13,25-27H,3,5,9-11,22H2,(H,23,30)/t13-/m0/s1. The van der Waals surface area contributed by atoms with E-state index in [1.165, 1.54) is 23.1 Å². The zero-order chi connectivity index (χ0) is 21.8. The first-order valence-corrected chi connectivity index (χ1v) is 9.49. The van der Waals surface area contributed by atoms with E-state index in [9.17, 15) is 29.7 Å². The number of hydrogen-bond acceptors (Lipinski definition) is 7. The highest BCUT2D eigenvalue weighted by Crippen LogP contribution is 2.41. The van der Waals surface area contributed by atoms with Crippen LogP contribution in [0, 0.1) is 0 Å². The van der Waals surface area contributed by atoms with Crippen molar-refractivity contribution in [3.05, 3.63) is 42.0 Å². The van der Waals surface area contributed by atoms with Crippen LogP contribution in [-0.4, -0.2) is 63.5 Å². The van der Waals surface area contributed by atoms with E-state index in [2.05, 4.69) is 5.32 Å². The van der Waals surface area contributed by atoms with E-state index in [1.807, 2.05) is 0 Å². The van der Waals surface area contributed by atoms with Crippen LogP contribution in [0.4, 0.5) is 0 Å². The molecule has 0 spiro atoms. The molecule has 1 heterocycles. The molecule has 2 aromatic carbocycles. The van der Waals surface area contributed by atoms with Crippen LogP contribution in [0.15, 0.2) is 36.4 Å². The molecule has 0 aliphatic carbocycles. The number of nitrogens with one attached hydrogen (secondary N) is 1. The lowest BCUT2D eigenvalue weighted by atomic mass is 9.96. The molecule has 0 unspecified atom stereocenters. The number of carbonyl (C=O) groups is 3. The SMILES string of the molecule is NCC(=O)N1CCC[C@H]1C(=O)CNC(=O)c1c(O)ccc(O)c1-c1ccccc1O. The van der Waals surface area contributed by atoms with Crippen LogP contribution in [0.2, 0.25) is 0 Å². The van der Waals surface area contributed by atoms with Gasteiger partial charge in [-0.1, -0.05) is 18.2 Å². The summed E-state index contributed by atoms with van der Waals surface area (Å²) in [5, 5.41) is 33.1. The van der Waals surface area contributed by atoms with Crippen LogP contribution < -0.4 is 11.1 Å². The van der Waals surface area contributed by atoms with E-state index >= 15 is 0 Å². The summed E-state index contributed by atoms with van der Waals surface area (Å²) >= 11 is 0. The molecule has 9 nitrogen and oxygen atoms in total. The molecule has 0 saturated carbocycles. The van der Waals surface area contributed by atoms with Gasteiger partial charge < -0.3 is 31.3 Å². The number of benzene rings is 2. The van der Waals surface area contributed by atoms with E-state index in [0.29, 0.717) is 19.4 Å². The van der Waals surface area contributed by atoms with Crippen LogP contribution in [0.3, 0.4) is 0 Å². The van der Waals surface area contributed by atoms with Crippen LogP contribution in [0.25, 0.3) is 11.1 Å². The smallest absolute Gasteiger partial charge is 0.256 e. The van der Waals surface area contributed by atoms with Crippen molar-refractivity contribution < 1.29 is 29.7 Å². The van der Waals surface area contributed by atoms with Crippen molar-refractivity contribution in [3.63, 3.8) is 0 Å². The van der Waals surface area contributed by atoms with Gasteiger partial charge in [0.1, 0.15) is 17.2 Å². The quantitative estimate of drug-likeness (QED) is 0.437. The first kappa shape index (κ1) is 21.1. The lowest BCUT2D eigenvalue weighted by molar-refractivity contribution is -0.136. The van der Waals surface area contributed by atoms with Gasteiger partial charge in [0.15, 0.2) is 5.78 Å². The molecule has 30 heavy (non-hydrogen) atoms. The number of rotatable bonds is 6. The van der Waals surface area contributed by atoms with Gasteiger partial charge in [-0.05, 0) is 31.0 Å². The molecule has 0 bridgehead atoms. The van der Waals surface area contributed by atoms with Gasteiger partial charge >= 0.3 is 0 Å². The third-order valence-electron chi connectivity index (χ3n) is 5.10. The number of amides is 2. The van der Waals surface area contributed by atoms with Crippen molar-refractivity contribution in [2.75, 3.05) is 19.6 Å². The minimum Gasteiger partial charge on any atom is -0.507 e. The van der Waals surface area contributed by atoms with Gasteiger partial charge in [-0.2, -0.15) is 0 Å². The Morgan fingerprint density at radius 1 is 1.03 bits per heavy atom. The van der Waals surface area contributed by atoms with Gasteiger partial charge in [0.25, 0.3) is 5.91 Å². The van der Waals surface area contributed by atoms with E-state index in [4.69, 9.17) is 5.73 Å². The number of ketones is 1. The summed E-state index contributed by atoms with van der Waals surface area (Å²) < 4.78 is 0. The normalized spacial score (nSPS) is 15.8. The van der Waals surface area contributed by atoms with E-state index < -0.39 is 17.7 Å². The molecule has 1 aliphatic rings. The molecular formula is C21H23N3O6. The molecule has 9 heteroatoms. The molecule has 0 radical (unpaired) electrons. The van der Waals surface area contributed by atoms with Crippen LogP contribution >= 0.6 is 0 Å². The fraction of sp³-hybridized carbons (Fsp3) is 0.286. The Kier molecular flexibility index (Phi) is 6.22. The minimum absolute atomic E-state index is 0.0566. The molecule has 3 rings (SSSR count). The number of likely N-dealkylation sites (tertiary alicyclic amines) is 1. The highest BCUT2D eigenvalue weighted by molar-refractivity contribution is 6.07. The number of nitrogens with two attached hydrogens (primary N) is 1. The molecule has 1 saturated heterocycles. The van der Waals surface area contributed by atoms with Crippen molar-refractivity contribution in [2.24, 2.45) is 5.73 Å². The summed E-state index contributed by atoms with van der Waals surface area (Å²) in [6, 6.07) is 7.74. The Hall–Kier alpha value is -3.59. The summed E-state index contributed by atoms with van der Waals surface area (Å²) in [6.45, 7) is -0.129. The molecule has 1 atom stereocenters. The van der Waals surface area contributed by atoms with Gasteiger partial charge in [-0.15, -0.1) is 0 Å². The Balaban J connectivity index is 1.83. The Labute approximate surface area is 172 Å². The van der Waals surface area contributed by atoms with Crippen LogP contribution in [0.1, 0.15) is 23.2 Å². The number of carbonyl (C=O) groups excluding carboxylic acids is 3. The molecule has 1 fully saturated rings. The summed E-state index contributed by atoms with van der Waals surface area (Å²) in [6.07, 6.45) is 1.15. The second-order valence-electron chi connectivity index (χ2n) is 6.97. The van der Waals surface area contributed by atoms with Crippen molar-refractivity contribution in [1.29, 1.82) is 0 Å². The number of nitrogens with zero attached hydrogens (tertiary/aromatic N) is 1. The third kappa shape index (κ3) is 4.06. The molecular weight excluding hydrogens is 390 g/mol. The number of hydrogen-bond donors (Lipinski definition) is 5. The molecule has 1 aliphatic heterocycles. The molecule has 2 amide bonds. The monoisotopic (exact) mass is 413 g/mol. The molecule has 2 aromatic rings. The van der Waals surface area contributed by atoms with Crippen molar-refractivity contribution >= 4 is 17.6 Å². The summed E-state index contributed by atoms with van der Waals surface area (Å²) in [7, 11) is 0. The maximum absolute atomic E-state index is 12.8. The minimum atomic E-state index is -0.801. The number of aromatic hydroxyl groups is 3.